The second-order valence-corrected chi connectivity index (χ2v) is 5.10. The van der Waals surface area contributed by atoms with Crippen LogP contribution in [0.4, 0.5) is 34.9 Å². The van der Waals surface area contributed by atoms with Crippen molar-refractivity contribution in [2.45, 2.75) is 0 Å². The fourth-order valence-corrected chi connectivity index (χ4v) is 2.02. The van der Waals surface area contributed by atoms with Gasteiger partial charge in [0.2, 0.25) is 5.95 Å². The maximum atomic E-state index is 13.6. The average Bonchev–Trinajstić information content (AvgIpc) is 2.61. The molecule has 0 saturated carbocycles. The van der Waals surface area contributed by atoms with E-state index in [0.717, 1.165) is 36.7 Å². The fraction of sp³-hybridized carbons (Fsp3) is 0. The van der Waals surface area contributed by atoms with Gasteiger partial charge in [0.05, 0.1) is 11.3 Å². The van der Waals surface area contributed by atoms with Gasteiger partial charge in [0.25, 0.3) is 5.91 Å². The quantitative estimate of drug-likeness (QED) is 0.688. The number of amides is 1. The first-order chi connectivity index (χ1) is 12.4. The zero-order valence-corrected chi connectivity index (χ0v) is 12.9. The van der Waals surface area contributed by atoms with Gasteiger partial charge in [0.1, 0.15) is 29.0 Å². The summed E-state index contributed by atoms with van der Waals surface area (Å²) in [6.45, 7) is 0. The molecule has 0 aliphatic rings. The Labute approximate surface area is 144 Å². The second kappa shape index (κ2) is 7.18. The highest BCUT2D eigenvalue weighted by molar-refractivity contribution is 6.04. The van der Waals surface area contributed by atoms with Crippen molar-refractivity contribution in [1.82, 2.24) is 9.97 Å². The van der Waals surface area contributed by atoms with Gasteiger partial charge in [-0.05, 0) is 24.3 Å². The summed E-state index contributed by atoms with van der Waals surface area (Å²) in [5, 5.41) is 4.61. The summed E-state index contributed by atoms with van der Waals surface area (Å²) in [4.78, 5) is 19.7. The first kappa shape index (κ1) is 17.3. The predicted octanol–water partition coefficient (Wildman–Crippen LogP) is 4.03. The molecule has 1 aromatic heterocycles. The van der Waals surface area contributed by atoms with Crippen LogP contribution in [0.3, 0.4) is 0 Å². The van der Waals surface area contributed by atoms with E-state index in [1.54, 1.807) is 0 Å². The molecule has 3 rings (SSSR count). The number of rotatable bonds is 4. The maximum absolute atomic E-state index is 13.6. The number of nitrogens with one attached hydrogen (secondary N) is 2. The van der Waals surface area contributed by atoms with Gasteiger partial charge in [-0.15, -0.1) is 0 Å². The smallest absolute Gasteiger partial charge is 0.258 e. The molecule has 1 heterocycles. The summed E-state index contributed by atoms with van der Waals surface area (Å²) in [7, 11) is 0. The number of halogens is 4. The summed E-state index contributed by atoms with van der Waals surface area (Å²) in [5.41, 5.74) is -0.720. The molecule has 132 valence electrons. The average molecular weight is 362 g/mol. The third-order valence-corrected chi connectivity index (χ3v) is 3.29. The number of carbonyl (C=O) groups excluding carboxylic acids is 1. The van der Waals surface area contributed by atoms with Crippen LogP contribution < -0.4 is 10.6 Å². The molecule has 1 amide bonds. The van der Waals surface area contributed by atoms with E-state index >= 15 is 0 Å². The van der Waals surface area contributed by atoms with Crippen molar-refractivity contribution in [3.05, 3.63) is 77.6 Å². The Morgan fingerprint density at radius 3 is 2.15 bits per heavy atom. The SMILES string of the molecule is O=C(Nc1c(F)cccc1F)c1cnc(Nc2ccc(F)cc2F)nc1. The molecule has 0 aliphatic heterocycles. The van der Waals surface area contributed by atoms with Crippen LogP contribution in [0.2, 0.25) is 0 Å². The number of anilines is 3. The van der Waals surface area contributed by atoms with Gasteiger partial charge in [0, 0.05) is 18.5 Å². The predicted molar refractivity (Wildman–Crippen MR) is 86.0 cm³/mol. The van der Waals surface area contributed by atoms with Gasteiger partial charge in [-0.2, -0.15) is 0 Å². The Bertz CT molecular complexity index is 943. The Balaban J connectivity index is 1.74. The lowest BCUT2D eigenvalue weighted by molar-refractivity contribution is 0.102. The van der Waals surface area contributed by atoms with Gasteiger partial charge in [-0.25, -0.2) is 27.5 Å². The van der Waals surface area contributed by atoms with Crippen molar-refractivity contribution < 1.29 is 22.4 Å². The van der Waals surface area contributed by atoms with E-state index in [1.807, 2.05) is 0 Å². The van der Waals surface area contributed by atoms with Crippen LogP contribution >= 0.6 is 0 Å². The summed E-state index contributed by atoms with van der Waals surface area (Å²) in [6.07, 6.45) is 2.18. The van der Waals surface area contributed by atoms with Crippen LogP contribution in [0, 0.1) is 23.3 Å². The first-order valence-corrected chi connectivity index (χ1v) is 7.23. The molecule has 0 aliphatic carbocycles. The Morgan fingerprint density at radius 2 is 1.54 bits per heavy atom. The van der Waals surface area contributed by atoms with Crippen molar-refractivity contribution in [3.63, 3.8) is 0 Å². The van der Waals surface area contributed by atoms with Gasteiger partial charge < -0.3 is 10.6 Å². The zero-order valence-electron chi connectivity index (χ0n) is 12.9. The van der Waals surface area contributed by atoms with Crippen molar-refractivity contribution >= 4 is 23.2 Å². The molecule has 5 nitrogen and oxygen atoms in total. The molecule has 3 aromatic rings. The molecule has 0 spiro atoms. The summed E-state index contributed by atoms with van der Waals surface area (Å²) < 4.78 is 53.5. The number of aromatic nitrogens is 2. The summed E-state index contributed by atoms with van der Waals surface area (Å²) in [5.74, 6) is -4.31. The molecule has 0 fully saturated rings. The molecule has 9 heteroatoms. The van der Waals surface area contributed by atoms with E-state index in [0.29, 0.717) is 6.07 Å². The fourth-order valence-electron chi connectivity index (χ4n) is 2.02. The monoisotopic (exact) mass is 362 g/mol. The highest BCUT2D eigenvalue weighted by Crippen LogP contribution is 2.20. The number of carbonyl (C=O) groups is 1. The van der Waals surface area contributed by atoms with Gasteiger partial charge in [-0.1, -0.05) is 6.07 Å². The highest BCUT2D eigenvalue weighted by Gasteiger charge is 2.14. The standard InChI is InChI=1S/C17H10F4N4O/c18-10-4-5-14(13(21)6-10)24-17-22-7-9(8-23-17)16(26)25-15-11(19)2-1-3-12(15)20/h1-8H,(H,25,26)(H,22,23,24). The van der Waals surface area contributed by atoms with E-state index in [1.165, 1.54) is 6.07 Å². The number of para-hydroxylation sites is 1. The number of nitrogens with zero attached hydrogens (tertiary/aromatic N) is 2. The summed E-state index contributed by atoms with van der Waals surface area (Å²) >= 11 is 0. The maximum Gasteiger partial charge on any atom is 0.258 e. The first-order valence-electron chi connectivity index (χ1n) is 7.23. The Kier molecular flexibility index (Phi) is 4.78. The highest BCUT2D eigenvalue weighted by atomic mass is 19.1. The topological polar surface area (TPSA) is 66.9 Å². The lowest BCUT2D eigenvalue weighted by atomic mass is 10.2. The molecule has 26 heavy (non-hydrogen) atoms. The van der Waals surface area contributed by atoms with Crippen LogP contribution in [0.15, 0.2) is 48.8 Å². The number of hydrogen-bond donors (Lipinski definition) is 2. The molecular weight excluding hydrogens is 352 g/mol. The van der Waals surface area contributed by atoms with Crippen LogP contribution in [0.1, 0.15) is 10.4 Å². The molecule has 2 N–H and O–H groups in total. The van der Waals surface area contributed by atoms with Gasteiger partial charge in [0.15, 0.2) is 0 Å². The summed E-state index contributed by atoms with van der Waals surface area (Å²) in [6, 6.07) is 6.07. The van der Waals surface area contributed by atoms with Gasteiger partial charge >= 0.3 is 0 Å². The number of benzene rings is 2. The third kappa shape index (κ3) is 3.77. The molecular formula is C17H10F4N4O. The Morgan fingerprint density at radius 1 is 0.885 bits per heavy atom. The largest absolute Gasteiger partial charge is 0.322 e. The molecule has 0 atom stereocenters. The van der Waals surface area contributed by atoms with E-state index in [4.69, 9.17) is 0 Å². The van der Waals surface area contributed by atoms with E-state index in [2.05, 4.69) is 20.6 Å². The normalized spacial score (nSPS) is 10.5. The molecule has 2 aromatic carbocycles. The third-order valence-electron chi connectivity index (χ3n) is 3.29. The van der Waals surface area contributed by atoms with Crippen LogP contribution in [-0.2, 0) is 0 Å². The van der Waals surface area contributed by atoms with Crippen LogP contribution in [0.5, 0.6) is 0 Å². The second-order valence-electron chi connectivity index (χ2n) is 5.10. The Hall–Kier alpha value is -3.49. The van der Waals surface area contributed by atoms with E-state index in [-0.39, 0.29) is 17.2 Å². The van der Waals surface area contributed by atoms with E-state index in [9.17, 15) is 22.4 Å². The van der Waals surface area contributed by atoms with Crippen LogP contribution in [0.25, 0.3) is 0 Å². The minimum atomic E-state index is -0.927. The van der Waals surface area contributed by atoms with E-state index < -0.39 is 34.9 Å². The minimum absolute atomic E-state index is 0.0517. The lowest BCUT2D eigenvalue weighted by Crippen LogP contribution is -2.15. The van der Waals surface area contributed by atoms with Crippen molar-refractivity contribution in [3.8, 4) is 0 Å². The number of hydrogen-bond acceptors (Lipinski definition) is 4. The van der Waals surface area contributed by atoms with Crippen molar-refractivity contribution in [2.75, 3.05) is 10.6 Å². The zero-order chi connectivity index (χ0) is 18.7. The molecule has 0 unspecified atom stereocenters. The molecule has 0 radical (unpaired) electrons. The lowest BCUT2D eigenvalue weighted by Gasteiger charge is -2.08. The van der Waals surface area contributed by atoms with Crippen molar-refractivity contribution in [1.29, 1.82) is 0 Å². The minimum Gasteiger partial charge on any atom is -0.322 e. The molecule has 0 bridgehead atoms. The van der Waals surface area contributed by atoms with Gasteiger partial charge in [-0.3, -0.25) is 4.79 Å². The van der Waals surface area contributed by atoms with Crippen LogP contribution in [-0.4, -0.2) is 15.9 Å². The molecule has 0 saturated heterocycles. The van der Waals surface area contributed by atoms with Crippen molar-refractivity contribution in [2.24, 2.45) is 0 Å².